The topological polar surface area (TPSA) is 59.1 Å². The number of rotatable bonds is 2. The molecule has 3 N–H and O–H groups in total. The molecule has 3 nitrogen and oxygen atoms in total. The lowest BCUT2D eigenvalue weighted by atomic mass is 10.1. The summed E-state index contributed by atoms with van der Waals surface area (Å²) in [6.45, 7) is -0.111. The van der Waals surface area contributed by atoms with Crippen molar-refractivity contribution in [3.8, 4) is 11.1 Å². The molecule has 1 aromatic heterocycles. The second kappa shape index (κ2) is 4.51. The van der Waals surface area contributed by atoms with Crippen molar-refractivity contribution in [2.75, 3.05) is 5.73 Å². The maximum Gasteiger partial charge on any atom is 0.128 e. The SMILES string of the molecule is Nc1ncc(-c2ccc(Cl)cc2)cc1CO. The van der Waals surface area contributed by atoms with E-state index in [1.807, 2.05) is 30.3 Å². The molecule has 1 aromatic carbocycles. The molecule has 0 bridgehead atoms. The molecule has 0 aliphatic rings. The molecule has 0 amide bonds. The van der Waals surface area contributed by atoms with E-state index < -0.39 is 0 Å². The lowest BCUT2D eigenvalue weighted by Crippen LogP contribution is -1.97. The number of hydrogen-bond acceptors (Lipinski definition) is 3. The second-order valence-electron chi connectivity index (χ2n) is 3.43. The molecule has 16 heavy (non-hydrogen) atoms. The summed E-state index contributed by atoms with van der Waals surface area (Å²) in [7, 11) is 0. The Kier molecular flexibility index (Phi) is 3.08. The fourth-order valence-electron chi connectivity index (χ4n) is 1.45. The van der Waals surface area contributed by atoms with Crippen molar-refractivity contribution in [3.05, 3.63) is 47.1 Å². The van der Waals surface area contributed by atoms with Crippen molar-refractivity contribution in [1.29, 1.82) is 0 Å². The van der Waals surface area contributed by atoms with Gasteiger partial charge in [-0.05, 0) is 23.8 Å². The molecule has 0 atom stereocenters. The van der Waals surface area contributed by atoms with E-state index in [0.29, 0.717) is 16.4 Å². The average Bonchev–Trinajstić information content (AvgIpc) is 2.31. The van der Waals surface area contributed by atoms with E-state index in [-0.39, 0.29) is 6.61 Å². The van der Waals surface area contributed by atoms with Crippen LogP contribution in [0.15, 0.2) is 36.5 Å². The number of hydrogen-bond donors (Lipinski definition) is 2. The molecule has 2 rings (SSSR count). The van der Waals surface area contributed by atoms with Gasteiger partial charge in [0.2, 0.25) is 0 Å². The predicted molar refractivity (Wildman–Crippen MR) is 65.0 cm³/mol. The molecule has 2 aromatic rings. The van der Waals surface area contributed by atoms with Crippen LogP contribution < -0.4 is 5.73 Å². The average molecular weight is 235 g/mol. The highest BCUT2D eigenvalue weighted by Crippen LogP contribution is 2.23. The number of aliphatic hydroxyl groups excluding tert-OH is 1. The van der Waals surface area contributed by atoms with Gasteiger partial charge in [0.05, 0.1) is 6.61 Å². The van der Waals surface area contributed by atoms with Crippen LogP contribution in [-0.2, 0) is 6.61 Å². The van der Waals surface area contributed by atoms with Crippen molar-refractivity contribution >= 4 is 17.4 Å². The van der Waals surface area contributed by atoms with Crippen LogP contribution in [-0.4, -0.2) is 10.1 Å². The van der Waals surface area contributed by atoms with Gasteiger partial charge in [0.15, 0.2) is 0 Å². The molecule has 0 radical (unpaired) electrons. The van der Waals surface area contributed by atoms with Gasteiger partial charge in [-0.1, -0.05) is 23.7 Å². The lowest BCUT2D eigenvalue weighted by Gasteiger charge is -2.05. The minimum atomic E-state index is -0.111. The molecular formula is C12H11ClN2O. The second-order valence-corrected chi connectivity index (χ2v) is 3.87. The van der Waals surface area contributed by atoms with Gasteiger partial charge < -0.3 is 10.8 Å². The normalized spacial score (nSPS) is 10.4. The number of nitrogen functional groups attached to an aromatic ring is 1. The molecule has 0 fully saturated rings. The number of aliphatic hydroxyl groups is 1. The molecule has 0 saturated carbocycles. The Morgan fingerprint density at radius 2 is 1.88 bits per heavy atom. The van der Waals surface area contributed by atoms with Crippen LogP contribution in [0.2, 0.25) is 5.02 Å². The van der Waals surface area contributed by atoms with Gasteiger partial charge >= 0.3 is 0 Å². The highest BCUT2D eigenvalue weighted by molar-refractivity contribution is 6.30. The van der Waals surface area contributed by atoms with Crippen LogP contribution in [0.25, 0.3) is 11.1 Å². The van der Waals surface area contributed by atoms with Crippen LogP contribution in [0.5, 0.6) is 0 Å². The third kappa shape index (κ3) is 2.15. The molecule has 0 spiro atoms. The van der Waals surface area contributed by atoms with Gasteiger partial charge in [0.1, 0.15) is 5.82 Å². The quantitative estimate of drug-likeness (QED) is 0.839. The molecule has 0 aliphatic carbocycles. The van der Waals surface area contributed by atoms with E-state index in [1.165, 1.54) is 0 Å². The first-order valence-corrected chi connectivity index (χ1v) is 5.19. The number of nitrogens with two attached hydrogens (primary N) is 1. The van der Waals surface area contributed by atoms with E-state index in [0.717, 1.165) is 11.1 Å². The van der Waals surface area contributed by atoms with Crippen molar-refractivity contribution in [3.63, 3.8) is 0 Å². The van der Waals surface area contributed by atoms with E-state index in [9.17, 15) is 0 Å². The van der Waals surface area contributed by atoms with Crippen LogP contribution in [0.3, 0.4) is 0 Å². The van der Waals surface area contributed by atoms with E-state index >= 15 is 0 Å². The first-order valence-electron chi connectivity index (χ1n) is 4.82. The van der Waals surface area contributed by atoms with Gasteiger partial charge in [0.25, 0.3) is 0 Å². The van der Waals surface area contributed by atoms with Crippen molar-refractivity contribution in [1.82, 2.24) is 4.98 Å². The summed E-state index contributed by atoms with van der Waals surface area (Å²) in [4.78, 5) is 4.03. The minimum Gasteiger partial charge on any atom is -0.392 e. The van der Waals surface area contributed by atoms with Crippen LogP contribution in [0.1, 0.15) is 5.56 Å². The van der Waals surface area contributed by atoms with Gasteiger partial charge in [-0.2, -0.15) is 0 Å². The standard InChI is InChI=1S/C12H11ClN2O/c13-11-3-1-8(2-4-11)9-5-10(7-16)12(14)15-6-9/h1-6,16H,7H2,(H2,14,15). The lowest BCUT2D eigenvalue weighted by molar-refractivity contribution is 0.282. The summed E-state index contributed by atoms with van der Waals surface area (Å²) in [6, 6.07) is 9.25. The van der Waals surface area contributed by atoms with Crippen LogP contribution in [0.4, 0.5) is 5.82 Å². The third-order valence-corrected chi connectivity index (χ3v) is 2.60. The van der Waals surface area contributed by atoms with Crippen molar-refractivity contribution in [2.45, 2.75) is 6.61 Å². The molecule has 1 heterocycles. The van der Waals surface area contributed by atoms with E-state index in [4.69, 9.17) is 22.4 Å². The number of anilines is 1. The van der Waals surface area contributed by atoms with Crippen molar-refractivity contribution < 1.29 is 5.11 Å². The van der Waals surface area contributed by atoms with Gasteiger partial charge in [-0.15, -0.1) is 0 Å². The molecule has 0 unspecified atom stereocenters. The predicted octanol–water partition coefficient (Wildman–Crippen LogP) is 2.48. The smallest absolute Gasteiger partial charge is 0.128 e. The number of aromatic nitrogens is 1. The number of halogens is 1. The summed E-state index contributed by atoms with van der Waals surface area (Å²) in [6.07, 6.45) is 1.68. The summed E-state index contributed by atoms with van der Waals surface area (Å²) in [5, 5.41) is 9.78. The summed E-state index contributed by atoms with van der Waals surface area (Å²) >= 11 is 5.81. The third-order valence-electron chi connectivity index (χ3n) is 2.35. The Hall–Kier alpha value is -1.58. The van der Waals surface area contributed by atoms with Crippen LogP contribution >= 0.6 is 11.6 Å². The summed E-state index contributed by atoms with van der Waals surface area (Å²) in [5.41, 5.74) is 8.15. The Bertz CT molecular complexity index is 497. The monoisotopic (exact) mass is 234 g/mol. The van der Waals surface area contributed by atoms with E-state index in [2.05, 4.69) is 4.98 Å². The summed E-state index contributed by atoms with van der Waals surface area (Å²) < 4.78 is 0. The van der Waals surface area contributed by atoms with Crippen LogP contribution in [0, 0.1) is 0 Å². The fraction of sp³-hybridized carbons (Fsp3) is 0.0833. The first-order chi connectivity index (χ1) is 7.70. The Balaban J connectivity index is 2.44. The Morgan fingerprint density at radius 3 is 2.50 bits per heavy atom. The molecule has 4 heteroatoms. The Labute approximate surface area is 98.5 Å². The minimum absolute atomic E-state index is 0.111. The van der Waals surface area contributed by atoms with Gasteiger partial charge in [0, 0.05) is 22.3 Å². The first kappa shape index (κ1) is 10.9. The van der Waals surface area contributed by atoms with Gasteiger partial charge in [-0.25, -0.2) is 4.98 Å². The van der Waals surface area contributed by atoms with Crippen molar-refractivity contribution in [2.24, 2.45) is 0 Å². The molecule has 82 valence electrons. The maximum atomic E-state index is 9.09. The van der Waals surface area contributed by atoms with Gasteiger partial charge in [-0.3, -0.25) is 0 Å². The number of nitrogens with zero attached hydrogens (tertiary/aromatic N) is 1. The molecule has 0 saturated heterocycles. The number of pyridine rings is 1. The Morgan fingerprint density at radius 1 is 1.19 bits per heavy atom. The number of benzene rings is 1. The fourth-order valence-corrected chi connectivity index (χ4v) is 1.57. The highest BCUT2D eigenvalue weighted by atomic mass is 35.5. The summed E-state index contributed by atoms with van der Waals surface area (Å²) in [5.74, 6) is 0.361. The zero-order chi connectivity index (χ0) is 11.5. The zero-order valence-electron chi connectivity index (χ0n) is 8.52. The van der Waals surface area contributed by atoms with E-state index in [1.54, 1.807) is 6.20 Å². The largest absolute Gasteiger partial charge is 0.392 e. The highest BCUT2D eigenvalue weighted by Gasteiger charge is 2.03. The zero-order valence-corrected chi connectivity index (χ0v) is 9.28. The molecule has 0 aliphatic heterocycles. The maximum absolute atomic E-state index is 9.09. The molecular weight excluding hydrogens is 224 g/mol.